The molecule has 98 valence electrons. The molecule has 1 aromatic heterocycles. The zero-order valence-corrected chi connectivity index (χ0v) is 10.4. The summed E-state index contributed by atoms with van der Waals surface area (Å²) in [5.74, 6) is -0.802. The lowest BCUT2D eigenvalue weighted by atomic mass is 10.1. The fraction of sp³-hybridized carbons (Fsp3) is 0.200. The minimum Gasteiger partial charge on any atom is -0.481 e. The van der Waals surface area contributed by atoms with Gasteiger partial charge < -0.3 is 10.2 Å². The van der Waals surface area contributed by atoms with Crippen molar-refractivity contribution in [2.75, 3.05) is 0 Å². The fourth-order valence-electron chi connectivity index (χ4n) is 1.78. The molecule has 0 amide bonds. The molecule has 2 N–H and O–H groups in total. The highest BCUT2D eigenvalue weighted by Gasteiger charge is 2.02. The molecule has 2 rings (SSSR count). The maximum Gasteiger partial charge on any atom is 0.303 e. The van der Waals surface area contributed by atoms with Crippen molar-refractivity contribution >= 4 is 5.97 Å². The summed E-state index contributed by atoms with van der Waals surface area (Å²) < 4.78 is 0. The molecule has 4 heteroatoms. The number of nitrogens with zero attached hydrogens (tertiary/aromatic N) is 1. The molecule has 0 fully saturated rings. The van der Waals surface area contributed by atoms with Crippen molar-refractivity contribution in [3.63, 3.8) is 0 Å². The van der Waals surface area contributed by atoms with E-state index in [0.29, 0.717) is 6.42 Å². The van der Waals surface area contributed by atoms with Gasteiger partial charge in [0.1, 0.15) is 0 Å². The topological polar surface area (TPSA) is 70.4 Å². The van der Waals surface area contributed by atoms with Crippen LogP contribution >= 0.6 is 0 Å². The average molecular weight is 257 g/mol. The van der Waals surface area contributed by atoms with Gasteiger partial charge in [-0.1, -0.05) is 30.3 Å². The second kappa shape index (κ2) is 6.11. The Morgan fingerprint density at radius 2 is 1.74 bits per heavy atom. The van der Waals surface area contributed by atoms with Gasteiger partial charge in [0, 0.05) is 18.2 Å². The number of aliphatic carboxylic acids is 1. The number of rotatable bonds is 5. The zero-order chi connectivity index (χ0) is 13.7. The molecule has 0 aliphatic heterocycles. The van der Waals surface area contributed by atoms with Gasteiger partial charge >= 0.3 is 5.97 Å². The standard InChI is InChI=1S/C15H15NO3/c17-10-12-1-5-13(6-2-12)14-7-3-11(9-16-14)4-8-15(18)19/h1-3,5-7,9,17H,4,8,10H2,(H,18,19). The van der Waals surface area contributed by atoms with Crippen LogP contribution in [-0.2, 0) is 17.8 Å². The summed E-state index contributed by atoms with van der Waals surface area (Å²) in [5.41, 5.74) is 3.59. The SMILES string of the molecule is O=C(O)CCc1ccc(-c2ccc(CO)cc2)nc1. The Morgan fingerprint density at radius 1 is 1.05 bits per heavy atom. The van der Waals surface area contributed by atoms with E-state index in [0.717, 1.165) is 22.4 Å². The Hall–Kier alpha value is -2.20. The molecule has 0 saturated carbocycles. The highest BCUT2D eigenvalue weighted by molar-refractivity contribution is 5.67. The van der Waals surface area contributed by atoms with Crippen LogP contribution in [0.1, 0.15) is 17.5 Å². The number of carboxylic acids is 1. The third kappa shape index (κ3) is 3.63. The first-order valence-corrected chi connectivity index (χ1v) is 6.06. The van der Waals surface area contributed by atoms with E-state index in [9.17, 15) is 4.79 Å². The predicted molar refractivity (Wildman–Crippen MR) is 71.6 cm³/mol. The number of hydrogen-bond acceptors (Lipinski definition) is 3. The summed E-state index contributed by atoms with van der Waals surface area (Å²) in [5, 5.41) is 17.6. The van der Waals surface area contributed by atoms with Gasteiger partial charge in [-0.05, 0) is 23.6 Å². The molecule has 0 radical (unpaired) electrons. The van der Waals surface area contributed by atoms with Gasteiger partial charge in [-0.15, -0.1) is 0 Å². The summed E-state index contributed by atoms with van der Waals surface area (Å²) in [6.07, 6.45) is 2.32. The van der Waals surface area contributed by atoms with Crippen molar-refractivity contribution in [3.05, 3.63) is 53.7 Å². The monoisotopic (exact) mass is 257 g/mol. The van der Waals surface area contributed by atoms with E-state index in [1.807, 2.05) is 36.4 Å². The van der Waals surface area contributed by atoms with E-state index in [2.05, 4.69) is 4.98 Å². The van der Waals surface area contributed by atoms with Crippen LogP contribution in [0.2, 0.25) is 0 Å². The van der Waals surface area contributed by atoms with E-state index in [1.165, 1.54) is 0 Å². The fourth-order valence-corrected chi connectivity index (χ4v) is 1.78. The third-order valence-corrected chi connectivity index (χ3v) is 2.88. The lowest BCUT2D eigenvalue weighted by molar-refractivity contribution is -0.136. The predicted octanol–water partition coefficient (Wildman–Crippen LogP) is 2.26. The van der Waals surface area contributed by atoms with Gasteiger partial charge in [0.25, 0.3) is 0 Å². The number of aromatic nitrogens is 1. The molecule has 0 unspecified atom stereocenters. The lowest BCUT2D eigenvalue weighted by Gasteiger charge is -2.04. The van der Waals surface area contributed by atoms with Crippen molar-refractivity contribution in [3.8, 4) is 11.3 Å². The van der Waals surface area contributed by atoms with E-state index >= 15 is 0 Å². The van der Waals surface area contributed by atoms with Gasteiger partial charge in [0.2, 0.25) is 0 Å². The van der Waals surface area contributed by atoms with Crippen molar-refractivity contribution in [2.24, 2.45) is 0 Å². The molecule has 0 aliphatic rings. The number of pyridine rings is 1. The normalized spacial score (nSPS) is 10.4. The van der Waals surface area contributed by atoms with Crippen LogP contribution in [0.3, 0.4) is 0 Å². The molecule has 0 atom stereocenters. The first-order chi connectivity index (χ1) is 9.19. The van der Waals surface area contributed by atoms with Gasteiger partial charge in [-0.25, -0.2) is 0 Å². The average Bonchev–Trinajstić information content (AvgIpc) is 2.46. The summed E-state index contributed by atoms with van der Waals surface area (Å²) >= 11 is 0. The first-order valence-electron chi connectivity index (χ1n) is 6.06. The molecular weight excluding hydrogens is 242 g/mol. The van der Waals surface area contributed by atoms with Gasteiger partial charge in [-0.3, -0.25) is 9.78 Å². The minimum atomic E-state index is -0.802. The van der Waals surface area contributed by atoms with E-state index in [1.54, 1.807) is 6.20 Å². The van der Waals surface area contributed by atoms with Gasteiger partial charge in [0.15, 0.2) is 0 Å². The van der Waals surface area contributed by atoms with Crippen LogP contribution in [0.25, 0.3) is 11.3 Å². The smallest absolute Gasteiger partial charge is 0.303 e. The van der Waals surface area contributed by atoms with E-state index in [4.69, 9.17) is 10.2 Å². The number of aryl methyl sites for hydroxylation is 1. The lowest BCUT2D eigenvalue weighted by Crippen LogP contribution is -1.98. The molecule has 0 aliphatic carbocycles. The van der Waals surface area contributed by atoms with Crippen molar-refractivity contribution < 1.29 is 15.0 Å². The number of aliphatic hydroxyl groups is 1. The van der Waals surface area contributed by atoms with Gasteiger partial charge in [0.05, 0.1) is 12.3 Å². The molecule has 4 nitrogen and oxygen atoms in total. The molecule has 1 aromatic carbocycles. The number of hydrogen-bond donors (Lipinski definition) is 2. The quantitative estimate of drug-likeness (QED) is 0.862. The Labute approximate surface area is 111 Å². The molecule has 0 spiro atoms. The zero-order valence-electron chi connectivity index (χ0n) is 10.4. The van der Waals surface area contributed by atoms with Gasteiger partial charge in [-0.2, -0.15) is 0 Å². The number of carboxylic acid groups (broad SMARTS) is 1. The van der Waals surface area contributed by atoms with E-state index < -0.39 is 5.97 Å². The summed E-state index contributed by atoms with van der Waals surface area (Å²) in [7, 11) is 0. The maximum atomic E-state index is 10.5. The summed E-state index contributed by atoms with van der Waals surface area (Å²) in [6.45, 7) is 0.0296. The Morgan fingerprint density at radius 3 is 2.26 bits per heavy atom. The van der Waals surface area contributed by atoms with Crippen molar-refractivity contribution in [1.82, 2.24) is 4.98 Å². The van der Waals surface area contributed by atoms with Crippen LogP contribution in [0, 0.1) is 0 Å². The minimum absolute atomic E-state index is 0.0296. The molecule has 0 bridgehead atoms. The molecule has 19 heavy (non-hydrogen) atoms. The number of benzene rings is 1. The largest absolute Gasteiger partial charge is 0.481 e. The second-order valence-electron chi connectivity index (χ2n) is 4.30. The highest BCUT2D eigenvalue weighted by Crippen LogP contribution is 2.18. The molecular formula is C15H15NO3. The number of aliphatic hydroxyl groups excluding tert-OH is 1. The van der Waals surface area contributed by atoms with Crippen LogP contribution in [-0.4, -0.2) is 21.2 Å². The summed E-state index contributed by atoms with van der Waals surface area (Å²) in [6, 6.07) is 11.3. The van der Waals surface area contributed by atoms with E-state index in [-0.39, 0.29) is 13.0 Å². The van der Waals surface area contributed by atoms with Crippen LogP contribution in [0.4, 0.5) is 0 Å². The maximum absolute atomic E-state index is 10.5. The Bertz CT molecular complexity index is 547. The van der Waals surface area contributed by atoms with Crippen molar-refractivity contribution in [1.29, 1.82) is 0 Å². The Balaban J connectivity index is 2.10. The number of carbonyl (C=O) groups is 1. The third-order valence-electron chi connectivity index (χ3n) is 2.88. The first kappa shape index (κ1) is 13.2. The van der Waals surface area contributed by atoms with Crippen molar-refractivity contribution in [2.45, 2.75) is 19.4 Å². The summed E-state index contributed by atoms with van der Waals surface area (Å²) in [4.78, 5) is 14.8. The van der Waals surface area contributed by atoms with Crippen LogP contribution in [0.5, 0.6) is 0 Å². The molecule has 1 heterocycles. The molecule has 0 saturated heterocycles. The van der Waals surface area contributed by atoms with Crippen LogP contribution in [0.15, 0.2) is 42.6 Å². The van der Waals surface area contributed by atoms with Crippen LogP contribution < -0.4 is 0 Å². The Kier molecular flexibility index (Phi) is 4.26. The highest BCUT2D eigenvalue weighted by atomic mass is 16.4. The second-order valence-corrected chi connectivity index (χ2v) is 4.30. The molecule has 2 aromatic rings.